The SMILES string of the molecule is CC(C)(C)c1ccc(C(=O)NC2CCN(CC(=O)Nc3cccc(F)c3)CC2)cc1. The summed E-state index contributed by atoms with van der Waals surface area (Å²) >= 11 is 0. The van der Waals surface area contributed by atoms with Gasteiger partial charge in [0.25, 0.3) is 5.91 Å². The van der Waals surface area contributed by atoms with E-state index < -0.39 is 0 Å². The Morgan fingerprint density at radius 1 is 1.07 bits per heavy atom. The molecule has 0 aromatic heterocycles. The molecular formula is C24H30FN3O2. The number of benzene rings is 2. The van der Waals surface area contributed by atoms with Crippen LogP contribution >= 0.6 is 0 Å². The predicted molar refractivity (Wildman–Crippen MR) is 117 cm³/mol. The van der Waals surface area contributed by atoms with Gasteiger partial charge in [-0.25, -0.2) is 4.39 Å². The van der Waals surface area contributed by atoms with E-state index in [9.17, 15) is 14.0 Å². The van der Waals surface area contributed by atoms with Crippen LogP contribution in [0, 0.1) is 5.82 Å². The molecule has 0 radical (unpaired) electrons. The minimum Gasteiger partial charge on any atom is -0.349 e. The summed E-state index contributed by atoms with van der Waals surface area (Å²) in [6.45, 7) is 8.15. The summed E-state index contributed by atoms with van der Waals surface area (Å²) in [5.41, 5.74) is 2.38. The highest BCUT2D eigenvalue weighted by Gasteiger charge is 2.23. The number of piperidine rings is 1. The van der Waals surface area contributed by atoms with Crippen LogP contribution in [0.15, 0.2) is 48.5 Å². The fraction of sp³-hybridized carbons (Fsp3) is 0.417. The van der Waals surface area contributed by atoms with Crippen molar-refractivity contribution in [2.75, 3.05) is 25.0 Å². The van der Waals surface area contributed by atoms with Gasteiger partial charge in [-0.15, -0.1) is 0 Å². The minimum atomic E-state index is -0.377. The average Bonchev–Trinajstić information content (AvgIpc) is 2.69. The van der Waals surface area contributed by atoms with Crippen LogP contribution in [-0.4, -0.2) is 42.4 Å². The van der Waals surface area contributed by atoms with Crippen molar-refractivity contribution in [3.63, 3.8) is 0 Å². The van der Waals surface area contributed by atoms with E-state index >= 15 is 0 Å². The molecule has 1 aliphatic heterocycles. The highest BCUT2D eigenvalue weighted by molar-refractivity contribution is 5.94. The van der Waals surface area contributed by atoms with Crippen LogP contribution in [0.5, 0.6) is 0 Å². The van der Waals surface area contributed by atoms with E-state index in [1.54, 1.807) is 12.1 Å². The Morgan fingerprint density at radius 2 is 1.73 bits per heavy atom. The molecule has 6 heteroatoms. The highest BCUT2D eigenvalue weighted by atomic mass is 19.1. The number of likely N-dealkylation sites (tertiary alicyclic amines) is 1. The molecule has 3 rings (SSSR count). The molecule has 5 nitrogen and oxygen atoms in total. The van der Waals surface area contributed by atoms with E-state index in [1.165, 1.54) is 17.7 Å². The molecule has 1 aliphatic rings. The maximum absolute atomic E-state index is 13.2. The van der Waals surface area contributed by atoms with Gasteiger partial charge in [-0.05, 0) is 54.2 Å². The van der Waals surface area contributed by atoms with E-state index in [4.69, 9.17) is 0 Å². The molecule has 2 aromatic rings. The fourth-order valence-corrected chi connectivity index (χ4v) is 3.60. The topological polar surface area (TPSA) is 61.4 Å². The molecule has 2 aromatic carbocycles. The average molecular weight is 412 g/mol. The summed E-state index contributed by atoms with van der Waals surface area (Å²) in [4.78, 5) is 26.8. The standard InChI is InChI=1S/C24H30FN3O2/c1-24(2,3)18-9-7-17(8-10-18)23(30)27-20-11-13-28(14-12-20)16-22(29)26-21-6-4-5-19(25)15-21/h4-10,15,20H,11-14,16H2,1-3H3,(H,26,29)(H,27,30). The highest BCUT2D eigenvalue weighted by Crippen LogP contribution is 2.22. The number of carbonyl (C=O) groups excluding carboxylic acids is 2. The third kappa shape index (κ3) is 6.13. The number of hydrogen-bond acceptors (Lipinski definition) is 3. The number of anilines is 1. The predicted octanol–water partition coefficient (Wildman–Crippen LogP) is 3.96. The Balaban J connectivity index is 1.44. The van der Waals surface area contributed by atoms with Crippen molar-refractivity contribution in [1.29, 1.82) is 0 Å². The maximum atomic E-state index is 13.2. The van der Waals surface area contributed by atoms with Gasteiger partial charge in [-0.2, -0.15) is 0 Å². The van der Waals surface area contributed by atoms with Crippen LogP contribution in [0.1, 0.15) is 49.5 Å². The van der Waals surface area contributed by atoms with Crippen molar-refractivity contribution in [1.82, 2.24) is 10.2 Å². The van der Waals surface area contributed by atoms with Gasteiger partial charge in [0.05, 0.1) is 6.54 Å². The molecule has 0 spiro atoms. The Kier molecular flexibility index (Phi) is 6.87. The molecule has 2 amide bonds. The number of carbonyl (C=O) groups is 2. The smallest absolute Gasteiger partial charge is 0.251 e. The van der Waals surface area contributed by atoms with E-state index in [0.29, 0.717) is 11.3 Å². The molecule has 0 atom stereocenters. The summed E-state index contributed by atoms with van der Waals surface area (Å²) in [6.07, 6.45) is 1.58. The molecule has 1 saturated heterocycles. The van der Waals surface area contributed by atoms with Crippen molar-refractivity contribution < 1.29 is 14.0 Å². The molecular weight excluding hydrogens is 381 g/mol. The second-order valence-corrected chi connectivity index (χ2v) is 8.91. The quantitative estimate of drug-likeness (QED) is 0.783. The summed E-state index contributed by atoms with van der Waals surface area (Å²) < 4.78 is 13.2. The van der Waals surface area contributed by atoms with Crippen LogP contribution in [0.2, 0.25) is 0 Å². The number of rotatable bonds is 5. The zero-order chi connectivity index (χ0) is 21.7. The molecule has 0 saturated carbocycles. The number of halogens is 1. The first-order valence-electron chi connectivity index (χ1n) is 10.4. The van der Waals surface area contributed by atoms with Crippen LogP contribution in [0.3, 0.4) is 0 Å². The first-order valence-corrected chi connectivity index (χ1v) is 10.4. The van der Waals surface area contributed by atoms with Gasteiger partial charge >= 0.3 is 0 Å². The van der Waals surface area contributed by atoms with Crippen molar-refractivity contribution >= 4 is 17.5 Å². The largest absolute Gasteiger partial charge is 0.349 e. The molecule has 1 fully saturated rings. The Bertz CT molecular complexity index is 882. The van der Waals surface area contributed by atoms with Gasteiger partial charge in [0.2, 0.25) is 5.91 Å². The molecule has 0 bridgehead atoms. The van der Waals surface area contributed by atoms with Gasteiger partial charge in [-0.3, -0.25) is 14.5 Å². The van der Waals surface area contributed by atoms with Crippen molar-refractivity contribution in [3.8, 4) is 0 Å². The zero-order valence-corrected chi connectivity index (χ0v) is 17.9. The number of amides is 2. The van der Waals surface area contributed by atoms with Crippen LogP contribution in [0.4, 0.5) is 10.1 Å². The molecule has 160 valence electrons. The van der Waals surface area contributed by atoms with Gasteiger partial charge in [0.1, 0.15) is 5.82 Å². The van der Waals surface area contributed by atoms with E-state index in [1.807, 2.05) is 24.3 Å². The number of nitrogens with zero attached hydrogens (tertiary/aromatic N) is 1. The summed E-state index contributed by atoms with van der Waals surface area (Å²) in [5, 5.41) is 5.83. The lowest BCUT2D eigenvalue weighted by Crippen LogP contribution is -2.46. The third-order valence-electron chi connectivity index (χ3n) is 5.41. The number of hydrogen-bond donors (Lipinski definition) is 2. The Hall–Kier alpha value is -2.73. The van der Waals surface area contributed by atoms with Gasteiger partial charge in [0, 0.05) is 30.4 Å². The fourth-order valence-electron chi connectivity index (χ4n) is 3.60. The summed E-state index contributed by atoms with van der Waals surface area (Å²) in [5.74, 6) is -0.600. The number of nitrogens with one attached hydrogen (secondary N) is 2. The molecule has 0 unspecified atom stereocenters. The Morgan fingerprint density at radius 3 is 2.33 bits per heavy atom. The van der Waals surface area contributed by atoms with Crippen molar-refractivity contribution in [3.05, 3.63) is 65.5 Å². The molecule has 1 heterocycles. The normalized spacial score (nSPS) is 15.6. The molecule has 0 aliphatic carbocycles. The summed E-state index contributed by atoms with van der Waals surface area (Å²) in [7, 11) is 0. The van der Waals surface area contributed by atoms with Gasteiger partial charge in [0.15, 0.2) is 0 Å². The first-order chi connectivity index (χ1) is 14.2. The van der Waals surface area contributed by atoms with Gasteiger partial charge < -0.3 is 10.6 Å². The lowest BCUT2D eigenvalue weighted by molar-refractivity contribution is -0.117. The summed E-state index contributed by atoms with van der Waals surface area (Å²) in [6, 6.07) is 13.7. The lowest BCUT2D eigenvalue weighted by Gasteiger charge is -2.31. The first kappa shape index (κ1) is 22.0. The van der Waals surface area contributed by atoms with Crippen LogP contribution in [-0.2, 0) is 10.2 Å². The van der Waals surface area contributed by atoms with Crippen LogP contribution < -0.4 is 10.6 Å². The molecule has 2 N–H and O–H groups in total. The Labute approximate surface area is 177 Å². The van der Waals surface area contributed by atoms with E-state index in [2.05, 4.69) is 36.3 Å². The van der Waals surface area contributed by atoms with Crippen LogP contribution in [0.25, 0.3) is 0 Å². The third-order valence-corrected chi connectivity index (χ3v) is 5.41. The molecule has 30 heavy (non-hydrogen) atoms. The van der Waals surface area contributed by atoms with E-state index in [0.717, 1.165) is 25.9 Å². The second-order valence-electron chi connectivity index (χ2n) is 8.91. The van der Waals surface area contributed by atoms with E-state index in [-0.39, 0.29) is 35.6 Å². The minimum absolute atomic E-state index is 0.0576. The zero-order valence-electron chi connectivity index (χ0n) is 17.9. The van der Waals surface area contributed by atoms with Crippen molar-refractivity contribution in [2.24, 2.45) is 0 Å². The maximum Gasteiger partial charge on any atom is 0.251 e. The van der Waals surface area contributed by atoms with Gasteiger partial charge in [-0.1, -0.05) is 39.0 Å². The second kappa shape index (κ2) is 9.39. The van der Waals surface area contributed by atoms with Crippen molar-refractivity contribution in [2.45, 2.75) is 45.1 Å². The monoisotopic (exact) mass is 411 g/mol. The lowest BCUT2D eigenvalue weighted by atomic mass is 9.86.